The van der Waals surface area contributed by atoms with Crippen LogP contribution in [0.4, 0.5) is 29.3 Å². The van der Waals surface area contributed by atoms with Crippen molar-refractivity contribution >= 4 is 40.2 Å². The zero-order valence-electron chi connectivity index (χ0n) is 24.5. The molecule has 0 radical (unpaired) electrons. The van der Waals surface area contributed by atoms with E-state index in [2.05, 4.69) is 20.4 Å². The Morgan fingerprint density at radius 2 is 1.89 bits per heavy atom. The molecule has 15 heteroatoms. The first kappa shape index (κ1) is 32.0. The second kappa shape index (κ2) is 13.7. The van der Waals surface area contributed by atoms with E-state index in [1.54, 1.807) is 79.5 Å². The summed E-state index contributed by atoms with van der Waals surface area (Å²) in [6.07, 6.45) is -3.99. The predicted octanol–water partition coefficient (Wildman–Crippen LogP) is 6.45. The fraction of sp³-hybridized carbons (Fsp3) is 0.226. The number of hydrogen-bond donors (Lipinski definition) is 1. The summed E-state index contributed by atoms with van der Waals surface area (Å²) < 4.78 is 50.3. The third-order valence-electron chi connectivity index (χ3n) is 6.58. The maximum atomic E-state index is 13.0. The molecule has 0 unspecified atom stereocenters. The van der Waals surface area contributed by atoms with Crippen molar-refractivity contribution in [2.75, 3.05) is 29.2 Å². The number of rotatable bonds is 9. The molecular formula is C31H26F3N7O4S. The number of hydrogen-bond acceptors (Lipinski definition) is 8. The van der Waals surface area contributed by atoms with Gasteiger partial charge in [0.25, 0.3) is 0 Å². The molecule has 1 N–H and O–H groups in total. The molecule has 1 fully saturated rings. The normalized spacial score (nSPS) is 14.0. The van der Waals surface area contributed by atoms with Crippen LogP contribution >= 0.6 is 11.8 Å². The van der Waals surface area contributed by atoms with Crippen LogP contribution < -0.4 is 19.7 Å². The highest BCUT2D eigenvalue weighted by molar-refractivity contribution is 8.15. The van der Waals surface area contributed by atoms with E-state index in [-0.39, 0.29) is 29.0 Å². The summed E-state index contributed by atoms with van der Waals surface area (Å²) in [6.45, 7) is 2.88. The van der Waals surface area contributed by atoms with Gasteiger partial charge >= 0.3 is 12.2 Å². The summed E-state index contributed by atoms with van der Waals surface area (Å²) in [5, 5.41) is 16.0. The summed E-state index contributed by atoms with van der Waals surface area (Å²) in [4.78, 5) is 35.5. The van der Waals surface area contributed by atoms with E-state index in [0.717, 1.165) is 23.0 Å². The first-order valence-corrected chi connectivity index (χ1v) is 14.8. The third-order valence-corrected chi connectivity index (χ3v) is 7.51. The maximum Gasteiger partial charge on any atom is 0.392 e. The van der Waals surface area contributed by atoms with Gasteiger partial charge in [0.1, 0.15) is 23.9 Å². The summed E-state index contributed by atoms with van der Waals surface area (Å²) in [7, 11) is 0. The van der Waals surface area contributed by atoms with Crippen LogP contribution in [-0.2, 0) is 4.79 Å². The topological polar surface area (TPSA) is 135 Å². The Kier molecular flexibility index (Phi) is 9.57. The lowest BCUT2D eigenvalue weighted by atomic mass is 10.1. The van der Waals surface area contributed by atoms with Crippen LogP contribution in [0.15, 0.2) is 72.0 Å². The van der Waals surface area contributed by atoms with Crippen LogP contribution in [0, 0.1) is 25.2 Å². The number of benzene rings is 3. The quantitative estimate of drug-likeness (QED) is 0.219. The highest BCUT2D eigenvalue weighted by atomic mass is 32.2. The predicted molar refractivity (Wildman–Crippen MR) is 166 cm³/mol. The number of amides is 3. The summed E-state index contributed by atoms with van der Waals surface area (Å²) >= 11 is 1.03. The first-order chi connectivity index (χ1) is 22.0. The van der Waals surface area contributed by atoms with Gasteiger partial charge < -0.3 is 14.8 Å². The summed E-state index contributed by atoms with van der Waals surface area (Å²) in [6, 6.07) is 18.2. The summed E-state index contributed by atoms with van der Waals surface area (Å²) in [5.74, 6) is 0.688. The first-order valence-electron chi connectivity index (χ1n) is 13.8. The number of carbonyl (C=O) groups excluding carboxylic acids is 2. The van der Waals surface area contributed by atoms with Gasteiger partial charge in [-0.1, -0.05) is 17.8 Å². The van der Waals surface area contributed by atoms with E-state index in [1.807, 2.05) is 6.07 Å². The van der Waals surface area contributed by atoms with Gasteiger partial charge in [-0.05, 0) is 79.6 Å². The van der Waals surface area contributed by atoms with Gasteiger partial charge in [0.2, 0.25) is 5.91 Å². The van der Waals surface area contributed by atoms with E-state index in [9.17, 15) is 22.8 Å². The molecule has 0 bridgehead atoms. The van der Waals surface area contributed by atoms with E-state index in [4.69, 9.17) is 14.7 Å². The molecule has 0 atom stereocenters. The number of anilines is 2. The molecule has 1 aliphatic heterocycles. The third kappa shape index (κ3) is 7.83. The number of thioether (sulfide) groups is 1. The minimum Gasteiger partial charge on any atom is -0.491 e. The van der Waals surface area contributed by atoms with Gasteiger partial charge in [0, 0.05) is 11.3 Å². The molecule has 3 aromatic carbocycles. The van der Waals surface area contributed by atoms with Crippen molar-refractivity contribution in [3.8, 4) is 34.6 Å². The molecule has 1 aliphatic rings. The molecule has 1 aromatic heterocycles. The summed E-state index contributed by atoms with van der Waals surface area (Å²) in [5.41, 5.74) is 3.56. The average Bonchev–Trinajstić information content (AvgIpc) is 3.64. The zero-order valence-corrected chi connectivity index (χ0v) is 25.4. The van der Waals surface area contributed by atoms with Gasteiger partial charge in [-0.3, -0.25) is 9.69 Å². The van der Waals surface area contributed by atoms with E-state index in [1.165, 1.54) is 11.0 Å². The molecule has 2 heterocycles. The van der Waals surface area contributed by atoms with Crippen LogP contribution in [-0.4, -0.2) is 57.0 Å². The van der Waals surface area contributed by atoms with Crippen molar-refractivity contribution in [1.82, 2.24) is 14.8 Å². The largest absolute Gasteiger partial charge is 0.491 e. The number of ether oxygens (including phenoxy) is 2. The zero-order chi connectivity index (χ0) is 32.8. The molecule has 0 spiro atoms. The monoisotopic (exact) mass is 649 g/mol. The molecule has 4 aromatic rings. The smallest absolute Gasteiger partial charge is 0.392 e. The van der Waals surface area contributed by atoms with Gasteiger partial charge in [0.05, 0.1) is 30.2 Å². The number of halogens is 3. The molecule has 11 nitrogen and oxygen atoms in total. The van der Waals surface area contributed by atoms with Crippen LogP contribution in [0.3, 0.4) is 0 Å². The highest BCUT2D eigenvalue weighted by Crippen LogP contribution is 2.36. The fourth-order valence-electron chi connectivity index (χ4n) is 4.39. The fourth-order valence-corrected chi connectivity index (χ4v) is 5.24. The number of aromatic nitrogens is 3. The standard InChI is InChI=1S/C31H26F3N7O4S/c1-19-3-10-26(45-13-11-31(32,33)34)25(15-19)41-27(42)17-46-30(41)38-29(43)37-24-9-4-21(16-20(24)2)28-36-18-40(39-28)22-5-7-23(8-6-22)44-14-12-35/h3-10,15-16,18H,11,13-14,17H2,1-2H3,(H,37,43)/b38-30-. The minimum absolute atomic E-state index is 0.00542. The number of nitriles is 1. The van der Waals surface area contributed by atoms with Crippen molar-refractivity contribution in [2.24, 2.45) is 4.99 Å². The number of amidine groups is 1. The number of alkyl halides is 3. The van der Waals surface area contributed by atoms with Crippen molar-refractivity contribution in [3.63, 3.8) is 0 Å². The van der Waals surface area contributed by atoms with E-state index in [0.29, 0.717) is 28.4 Å². The van der Waals surface area contributed by atoms with E-state index >= 15 is 0 Å². The number of nitrogens with zero attached hydrogens (tertiary/aromatic N) is 6. The van der Waals surface area contributed by atoms with Gasteiger partial charge in [-0.2, -0.15) is 23.4 Å². The number of aliphatic imine (C=N–C) groups is 1. The lowest BCUT2D eigenvalue weighted by molar-refractivity contribution is -0.139. The Hall–Kier alpha value is -5.36. The number of carbonyl (C=O) groups is 2. The number of nitrogens with one attached hydrogen (secondary N) is 1. The van der Waals surface area contributed by atoms with Crippen LogP contribution in [0.5, 0.6) is 11.5 Å². The van der Waals surface area contributed by atoms with Crippen molar-refractivity contribution < 1.29 is 32.2 Å². The van der Waals surface area contributed by atoms with Crippen LogP contribution in [0.2, 0.25) is 0 Å². The molecular weight excluding hydrogens is 623 g/mol. The second-order valence-corrected chi connectivity index (χ2v) is 11.0. The molecule has 5 rings (SSSR count). The average molecular weight is 650 g/mol. The number of aryl methyl sites for hydroxylation is 2. The lowest BCUT2D eigenvalue weighted by Gasteiger charge is -2.21. The van der Waals surface area contributed by atoms with Gasteiger partial charge in [-0.25, -0.2) is 14.5 Å². The lowest BCUT2D eigenvalue weighted by Crippen LogP contribution is -2.31. The Morgan fingerprint density at radius 3 is 2.61 bits per heavy atom. The molecule has 46 heavy (non-hydrogen) atoms. The number of urea groups is 1. The van der Waals surface area contributed by atoms with Crippen LogP contribution in [0.1, 0.15) is 17.5 Å². The van der Waals surface area contributed by atoms with Crippen LogP contribution in [0.25, 0.3) is 17.1 Å². The Labute approximate surface area is 265 Å². The molecule has 3 amide bonds. The molecule has 236 valence electrons. The SMILES string of the molecule is Cc1ccc(OCCC(F)(F)F)c(N2C(=O)CS/C2=N\C(=O)Nc2ccc(-c3ncn(-c4ccc(OCC#N)cc4)n3)cc2C)c1. The maximum absolute atomic E-state index is 13.0. The van der Waals surface area contributed by atoms with Crippen molar-refractivity contribution in [1.29, 1.82) is 5.26 Å². The van der Waals surface area contributed by atoms with Gasteiger partial charge in [0.15, 0.2) is 17.6 Å². The van der Waals surface area contributed by atoms with Crippen molar-refractivity contribution in [3.05, 3.63) is 78.1 Å². The highest BCUT2D eigenvalue weighted by Gasteiger charge is 2.33. The minimum atomic E-state index is -4.40. The van der Waals surface area contributed by atoms with E-state index < -0.39 is 31.1 Å². The van der Waals surface area contributed by atoms with Crippen molar-refractivity contribution in [2.45, 2.75) is 26.4 Å². The molecule has 0 aliphatic carbocycles. The Balaban J connectivity index is 1.29. The molecule has 0 saturated carbocycles. The Morgan fingerprint density at radius 1 is 1.11 bits per heavy atom. The second-order valence-electron chi connectivity index (χ2n) is 10.0. The Bertz CT molecular complexity index is 1840. The van der Waals surface area contributed by atoms with Gasteiger partial charge in [-0.15, -0.1) is 5.10 Å². The molecule has 1 saturated heterocycles.